The number of aliphatic hydroxyl groups is 1. The van der Waals surface area contributed by atoms with Crippen molar-refractivity contribution in [2.45, 2.75) is 25.7 Å². The molecule has 2 aliphatic rings. The van der Waals surface area contributed by atoms with Gasteiger partial charge < -0.3 is 15.3 Å². The third kappa shape index (κ3) is 4.68. The van der Waals surface area contributed by atoms with Crippen LogP contribution in [0.2, 0.25) is 0 Å². The summed E-state index contributed by atoms with van der Waals surface area (Å²) in [6, 6.07) is 8.79. The standard InChI is InChI=1S/C23H26N4O4S2/c28-12-13-33(30,31)26-16-3-4-17(19(14-16)27-10-7-23(5-6-23)8-11-27)22(29)25-18-15-32-20-2-1-9-24-21(18)20/h1-4,9,14-15,26,28H,5-8,10-13H2,(H,25,29). The van der Waals surface area contributed by atoms with E-state index in [1.165, 1.54) is 24.2 Å². The largest absolute Gasteiger partial charge is 0.395 e. The summed E-state index contributed by atoms with van der Waals surface area (Å²) in [6.07, 6.45) is 6.40. The number of rotatable bonds is 7. The zero-order chi connectivity index (χ0) is 23.1. The van der Waals surface area contributed by atoms with Crippen LogP contribution in [0, 0.1) is 5.41 Å². The van der Waals surface area contributed by atoms with Gasteiger partial charge in [0, 0.05) is 24.7 Å². The minimum Gasteiger partial charge on any atom is -0.395 e. The van der Waals surface area contributed by atoms with E-state index in [0.717, 1.165) is 36.1 Å². The van der Waals surface area contributed by atoms with Crippen LogP contribution in [-0.4, -0.2) is 49.9 Å². The fourth-order valence-electron chi connectivity index (χ4n) is 4.44. The lowest BCUT2D eigenvalue weighted by Crippen LogP contribution is -2.35. The van der Waals surface area contributed by atoms with Crippen LogP contribution in [-0.2, 0) is 10.0 Å². The minimum absolute atomic E-state index is 0.258. The van der Waals surface area contributed by atoms with Gasteiger partial charge in [-0.15, -0.1) is 11.3 Å². The molecule has 2 fully saturated rings. The number of carbonyl (C=O) groups excluding carboxylic acids is 1. The molecule has 3 aromatic rings. The number of anilines is 3. The highest BCUT2D eigenvalue weighted by Gasteiger charge is 2.44. The lowest BCUT2D eigenvalue weighted by Gasteiger charge is -2.35. The van der Waals surface area contributed by atoms with E-state index in [0.29, 0.717) is 28.0 Å². The first kappa shape index (κ1) is 22.1. The third-order valence-electron chi connectivity index (χ3n) is 6.58. The van der Waals surface area contributed by atoms with Gasteiger partial charge in [-0.1, -0.05) is 0 Å². The van der Waals surface area contributed by atoms with Crippen LogP contribution < -0.4 is 14.9 Å². The number of fused-ring (bicyclic) bond motifs is 1. The van der Waals surface area contributed by atoms with Crippen molar-refractivity contribution in [3.8, 4) is 0 Å². The zero-order valence-electron chi connectivity index (χ0n) is 18.1. The van der Waals surface area contributed by atoms with Crippen molar-refractivity contribution in [1.82, 2.24) is 4.98 Å². The molecule has 1 saturated heterocycles. The van der Waals surface area contributed by atoms with E-state index in [2.05, 4.69) is 19.9 Å². The fraction of sp³-hybridized carbons (Fsp3) is 0.391. The van der Waals surface area contributed by atoms with Crippen molar-refractivity contribution in [2.75, 3.05) is 40.4 Å². The SMILES string of the molecule is O=C(Nc1csc2cccnc12)c1ccc(NS(=O)(=O)CCO)cc1N1CCC2(CC1)CC2. The summed E-state index contributed by atoms with van der Waals surface area (Å²) in [5.41, 5.74) is 3.46. The van der Waals surface area contributed by atoms with Crippen LogP contribution in [0.4, 0.5) is 17.1 Å². The van der Waals surface area contributed by atoms with Crippen molar-refractivity contribution >= 4 is 54.5 Å². The quantitative estimate of drug-likeness (QED) is 0.470. The molecule has 10 heteroatoms. The Bertz CT molecular complexity index is 1290. The number of aliphatic hydroxyl groups excluding tert-OH is 1. The second-order valence-electron chi connectivity index (χ2n) is 8.82. The van der Waals surface area contributed by atoms with Crippen molar-refractivity contribution in [2.24, 2.45) is 5.41 Å². The number of pyridine rings is 1. The molecular formula is C23H26N4O4S2. The molecule has 3 N–H and O–H groups in total. The molecule has 1 aromatic carbocycles. The first-order chi connectivity index (χ1) is 15.9. The van der Waals surface area contributed by atoms with E-state index in [1.807, 2.05) is 17.5 Å². The lowest BCUT2D eigenvalue weighted by molar-refractivity contribution is 0.102. The van der Waals surface area contributed by atoms with Crippen molar-refractivity contribution in [1.29, 1.82) is 0 Å². The van der Waals surface area contributed by atoms with E-state index in [4.69, 9.17) is 5.11 Å². The Morgan fingerprint density at radius 3 is 2.70 bits per heavy atom. The Morgan fingerprint density at radius 2 is 1.97 bits per heavy atom. The second-order valence-corrected chi connectivity index (χ2v) is 11.6. The van der Waals surface area contributed by atoms with Gasteiger partial charge in [-0.25, -0.2) is 8.42 Å². The van der Waals surface area contributed by atoms with Gasteiger partial charge in [0.25, 0.3) is 5.91 Å². The van der Waals surface area contributed by atoms with E-state index in [9.17, 15) is 13.2 Å². The zero-order valence-corrected chi connectivity index (χ0v) is 19.7. The van der Waals surface area contributed by atoms with Gasteiger partial charge in [0.2, 0.25) is 10.0 Å². The summed E-state index contributed by atoms with van der Waals surface area (Å²) < 4.78 is 27.8. The second kappa shape index (κ2) is 8.58. The van der Waals surface area contributed by atoms with Gasteiger partial charge in [0.05, 0.1) is 39.7 Å². The van der Waals surface area contributed by atoms with Crippen molar-refractivity contribution in [3.63, 3.8) is 0 Å². The number of sulfonamides is 1. The molecule has 33 heavy (non-hydrogen) atoms. The maximum absolute atomic E-state index is 13.3. The highest BCUT2D eigenvalue weighted by Crippen LogP contribution is 2.54. The van der Waals surface area contributed by atoms with Crippen LogP contribution in [0.1, 0.15) is 36.0 Å². The Labute approximate surface area is 196 Å². The first-order valence-corrected chi connectivity index (χ1v) is 13.6. The fourth-order valence-corrected chi connectivity index (χ4v) is 6.12. The molecule has 174 valence electrons. The summed E-state index contributed by atoms with van der Waals surface area (Å²) in [5, 5.41) is 13.9. The normalized spacial score (nSPS) is 17.3. The number of nitrogens with zero attached hydrogens (tertiary/aromatic N) is 2. The molecule has 0 unspecified atom stereocenters. The summed E-state index contributed by atoms with van der Waals surface area (Å²) in [4.78, 5) is 19.9. The van der Waals surface area contributed by atoms with Crippen molar-refractivity contribution < 1.29 is 18.3 Å². The molecule has 3 heterocycles. The van der Waals surface area contributed by atoms with Crippen LogP contribution in [0.5, 0.6) is 0 Å². The molecule has 1 amide bonds. The molecule has 1 saturated carbocycles. The molecule has 8 nitrogen and oxygen atoms in total. The molecule has 0 bridgehead atoms. The topological polar surface area (TPSA) is 112 Å². The van der Waals surface area contributed by atoms with Gasteiger partial charge in [-0.05, 0) is 61.4 Å². The van der Waals surface area contributed by atoms with E-state index >= 15 is 0 Å². The lowest BCUT2D eigenvalue weighted by atomic mass is 9.93. The highest BCUT2D eigenvalue weighted by molar-refractivity contribution is 7.92. The predicted octanol–water partition coefficient (Wildman–Crippen LogP) is 3.66. The van der Waals surface area contributed by atoms with Gasteiger partial charge in [0.15, 0.2) is 0 Å². The Morgan fingerprint density at radius 1 is 1.18 bits per heavy atom. The van der Waals surface area contributed by atoms with Crippen LogP contribution in [0.3, 0.4) is 0 Å². The number of thiophene rings is 1. The molecule has 5 rings (SSSR count). The Balaban J connectivity index is 1.45. The van der Waals surface area contributed by atoms with Gasteiger partial charge in [-0.2, -0.15) is 0 Å². The number of hydrogen-bond acceptors (Lipinski definition) is 7. The number of aromatic nitrogens is 1. The number of carbonyl (C=O) groups is 1. The van der Waals surface area contributed by atoms with Crippen molar-refractivity contribution in [3.05, 3.63) is 47.5 Å². The maximum atomic E-state index is 13.3. The molecule has 1 spiro atoms. The van der Waals surface area contributed by atoms with E-state index in [1.54, 1.807) is 24.4 Å². The van der Waals surface area contributed by atoms with Gasteiger partial charge in [-0.3, -0.25) is 14.5 Å². The highest BCUT2D eigenvalue weighted by atomic mass is 32.2. The maximum Gasteiger partial charge on any atom is 0.257 e. The predicted molar refractivity (Wildman–Crippen MR) is 132 cm³/mol. The van der Waals surface area contributed by atoms with Gasteiger partial charge in [0.1, 0.15) is 5.52 Å². The smallest absolute Gasteiger partial charge is 0.257 e. The summed E-state index contributed by atoms with van der Waals surface area (Å²) in [6.45, 7) is 1.20. The molecule has 1 aliphatic carbocycles. The summed E-state index contributed by atoms with van der Waals surface area (Å²) in [7, 11) is -3.67. The molecular weight excluding hydrogens is 460 g/mol. The third-order valence-corrected chi connectivity index (χ3v) is 8.78. The number of hydrogen-bond donors (Lipinski definition) is 3. The number of nitrogens with one attached hydrogen (secondary N) is 2. The minimum atomic E-state index is -3.67. The van der Waals surface area contributed by atoms with Gasteiger partial charge >= 0.3 is 0 Å². The molecule has 0 atom stereocenters. The number of amides is 1. The number of benzene rings is 1. The molecule has 2 aromatic heterocycles. The monoisotopic (exact) mass is 486 g/mol. The Hall–Kier alpha value is -2.69. The molecule has 1 aliphatic heterocycles. The van der Waals surface area contributed by atoms with E-state index in [-0.39, 0.29) is 11.7 Å². The molecule has 0 radical (unpaired) electrons. The summed E-state index contributed by atoms with van der Waals surface area (Å²) >= 11 is 1.52. The van der Waals surface area contributed by atoms with Crippen LogP contribution in [0.25, 0.3) is 10.2 Å². The van der Waals surface area contributed by atoms with Crippen LogP contribution in [0.15, 0.2) is 41.9 Å². The Kier molecular flexibility index (Phi) is 5.75. The average molecular weight is 487 g/mol. The number of piperidine rings is 1. The van der Waals surface area contributed by atoms with E-state index < -0.39 is 16.6 Å². The first-order valence-electron chi connectivity index (χ1n) is 11.0. The summed E-state index contributed by atoms with van der Waals surface area (Å²) in [5.74, 6) is -0.637. The van der Waals surface area contributed by atoms with Crippen LogP contribution >= 0.6 is 11.3 Å². The average Bonchev–Trinajstić information content (AvgIpc) is 3.43.